The van der Waals surface area contributed by atoms with E-state index in [9.17, 15) is 0 Å². The predicted octanol–water partition coefficient (Wildman–Crippen LogP) is 5.11. The minimum Gasteiger partial charge on any atom is -0.335 e. The number of hydrogen-bond donors (Lipinski definition) is 0. The van der Waals surface area contributed by atoms with Crippen LogP contribution in [0.3, 0.4) is 0 Å². The van der Waals surface area contributed by atoms with Crippen LogP contribution in [-0.2, 0) is 32.7 Å². The standard InChI is InChI=1S/C15H18N.C3H7.Y/c1-8-7-14-15(11(4)9(8)2)12(5)10(3)13(6)16-14;1-3-2;/h1-6H3;3H,1-2H3;/q2*-1;+3. The molecule has 0 saturated heterocycles. The van der Waals surface area contributed by atoms with E-state index in [2.05, 4.69) is 52.6 Å². The van der Waals surface area contributed by atoms with Gasteiger partial charge in [-0.25, -0.2) is 0 Å². The van der Waals surface area contributed by atoms with Crippen LogP contribution in [0, 0.1) is 54.0 Å². The van der Waals surface area contributed by atoms with Gasteiger partial charge in [-0.05, 0) is 24.9 Å². The van der Waals surface area contributed by atoms with Crippen molar-refractivity contribution in [3.05, 3.63) is 46.0 Å². The Labute approximate surface area is 149 Å². The summed E-state index contributed by atoms with van der Waals surface area (Å²) in [5.41, 5.74) is 8.66. The van der Waals surface area contributed by atoms with Crippen molar-refractivity contribution in [1.82, 2.24) is 4.98 Å². The SMILES string of the molecule is C[CH-]C.Cc1[c-]c2nc(C)c(C)c(C)c2c(C)c1C.[Y+3]. The molecule has 0 N–H and O–H groups in total. The van der Waals surface area contributed by atoms with Crippen molar-refractivity contribution in [1.29, 1.82) is 0 Å². The molecule has 0 bridgehead atoms. The van der Waals surface area contributed by atoms with Crippen LogP contribution in [0.4, 0.5) is 0 Å². The van der Waals surface area contributed by atoms with Crippen molar-refractivity contribution in [3.8, 4) is 0 Å². The van der Waals surface area contributed by atoms with Crippen LogP contribution in [0.5, 0.6) is 0 Å². The molecule has 0 spiro atoms. The summed E-state index contributed by atoms with van der Waals surface area (Å²) in [6.45, 7) is 16.8. The van der Waals surface area contributed by atoms with E-state index in [0.717, 1.165) is 11.2 Å². The second-order valence-electron chi connectivity index (χ2n) is 5.25. The second-order valence-corrected chi connectivity index (χ2v) is 5.25. The molecule has 2 aromatic rings. The summed E-state index contributed by atoms with van der Waals surface area (Å²) in [6, 6.07) is 3.40. The first-order chi connectivity index (χ1) is 8.84. The van der Waals surface area contributed by atoms with Crippen molar-refractivity contribution < 1.29 is 32.7 Å². The van der Waals surface area contributed by atoms with Crippen molar-refractivity contribution in [2.45, 2.75) is 55.4 Å². The summed E-state index contributed by atoms with van der Waals surface area (Å²) in [4.78, 5) is 4.64. The molecule has 104 valence electrons. The zero-order valence-electron chi connectivity index (χ0n) is 14.1. The van der Waals surface area contributed by atoms with Gasteiger partial charge in [0.2, 0.25) is 0 Å². The van der Waals surface area contributed by atoms with Crippen LogP contribution in [0.2, 0.25) is 0 Å². The fourth-order valence-corrected chi connectivity index (χ4v) is 2.23. The molecule has 0 amide bonds. The molecule has 1 aromatic carbocycles. The van der Waals surface area contributed by atoms with E-state index in [4.69, 9.17) is 0 Å². The Bertz CT molecular complexity index is 552. The molecule has 0 atom stereocenters. The number of hydrogen-bond acceptors (Lipinski definition) is 1. The first-order valence-electron chi connectivity index (χ1n) is 6.85. The third-order valence-corrected chi connectivity index (χ3v) is 3.80. The summed E-state index contributed by atoms with van der Waals surface area (Å²) in [5.74, 6) is 0. The van der Waals surface area contributed by atoms with Crippen LogP contribution in [0.1, 0.15) is 47.4 Å². The Hall–Kier alpha value is -0.266. The Balaban J connectivity index is 0.000000830. The minimum absolute atomic E-state index is 0. The molecule has 2 rings (SSSR count). The van der Waals surface area contributed by atoms with Gasteiger partial charge in [0.15, 0.2) is 0 Å². The zero-order chi connectivity index (χ0) is 14.7. The topological polar surface area (TPSA) is 12.9 Å². The number of benzene rings is 1. The number of pyridine rings is 1. The van der Waals surface area contributed by atoms with Gasteiger partial charge < -0.3 is 6.42 Å². The summed E-state index contributed by atoms with van der Waals surface area (Å²) < 4.78 is 0. The van der Waals surface area contributed by atoms with E-state index in [0.29, 0.717) is 0 Å². The molecule has 0 fully saturated rings. The van der Waals surface area contributed by atoms with Gasteiger partial charge in [0.1, 0.15) is 0 Å². The molecule has 1 nitrogen and oxygen atoms in total. The molecule has 0 aliphatic carbocycles. The number of aryl methyl sites for hydroxylation is 4. The molecule has 0 aliphatic rings. The van der Waals surface area contributed by atoms with E-state index in [1.54, 1.807) is 0 Å². The normalized spacial score (nSPS) is 9.80. The monoisotopic (exact) mass is 344 g/mol. The Kier molecular flexibility index (Phi) is 8.13. The summed E-state index contributed by atoms with van der Waals surface area (Å²) in [6.07, 6.45) is 2.00. The molecule has 1 heterocycles. The maximum atomic E-state index is 4.64. The van der Waals surface area contributed by atoms with Crippen molar-refractivity contribution >= 4 is 10.9 Å². The smallest absolute Gasteiger partial charge is 0.335 e. The zero-order valence-corrected chi connectivity index (χ0v) is 16.9. The fraction of sp³-hybridized carbons (Fsp3) is 0.444. The van der Waals surface area contributed by atoms with Crippen molar-refractivity contribution in [2.75, 3.05) is 0 Å². The van der Waals surface area contributed by atoms with E-state index in [1.165, 1.54) is 33.2 Å². The van der Waals surface area contributed by atoms with Gasteiger partial charge in [-0.1, -0.05) is 33.3 Å². The molecular weight excluding hydrogens is 319 g/mol. The van der Waals surface area contributed by atoms with E-state index in [1.807, 2.05) is 20.3 Å². The van der Waals surface area contributed by atoms with Gasteiger partial charge in [-0.2, -0.15) is 31.0 Å². The summed E-state index contributed by atoms with van der Waals surface area (Å²) in [5, 5.41) is 1.28. The fourth-order valence-electron chi connectivity index (χ4n) is 2.23. The quantitative estimate of drug-likeness (QED) is 0.605. The summed E-state index contributed by atoms with van der Waals surface area (Å²) >= 11 is 0. The van der Waals surface area contributed by atoms with Gasteiger partial charge in [-0.15, -0.1) is 10.9 Å². The third-order valence-electron chi connectivity index (χ3n) is 3.80. The molecule has 0 saturated carbocycles. The molecule has 0 radical (unpaired) electrons. The van der Waals surface area contributed by atoms with Gasteiger partial charge in [-0.3, -0.25) is 4.98 Å². The van der Waals surface area contributed by atoms with E-state index >= 15 is 0 Å². The number of fused-ring (bicyclic) bond motifs is 1. The van der Waals surface area contributed by atoms with Crippen LogP contribution in [0.25, 0.3) is 10.9 Å². The Morgan fingerprint density at radius 3 is 1.75 bits per heavy atom. The maximum absolute atomic E-state index is 4.64. The van der Waals surface area contributed by atoms with E-state index in [-0.39, 0.29) is 32.7 Å². The van der Waals surface area contributed by atoms with Crippen LogP contribution in [-0.4, -0.2) is 4.98 Å². The van der Waals surface area contributed by atoms with Crippen LogP contribution in [0.15, 0.2) is 0 Å². The van der Waals surface area contributed by atoms with Gasteiger partial charge >= 0.3 is 32.7 Å². The third kappa shape index (κ3) is 3.89. The van der Waals surface area contributed by atoms with Gasteiger partial charge in [0, 0.05) is 5.69 Å². The predicted molar refractivity (Wildman–Crippen MR) is 84.6 cm³/mol. The van der Waals surface area contributed by atoms with Crippen LogP contribution >= 0.6 is 0 Å². The number of rotatable bonds is 0. The van der Waals surface area contributed by atoms with Crippen molar-refractivity contribution in [3.63, 3.8) is 0 Å². The molecular formula is C18H25NY+. The first kappa shape index (κ1) is 19.7. The molecule has 20 heavy (non-hydrogen) atoms. The van der Waals surface area contributed by atoms with E-state index < -0.39 is 0 Å². The molecule has 0 unspecified atom stereocenters. The molecule has 2 heteroatoms. The number of nitrogens with zero attached hydrogens (tertiary/aromatic N) is 1. The Morgan fingerprint density at radius 2 is 1.25 bits per heavy atom. The number of aromatic nitrogens is 1. The summed E-state index contributed by atoms with van der Waals surface area (Å²) in [7, 11) is 0. The minimum atomic E-state index is 0. The van der Waals surface area contributed by atoms with Crippen LogP contribution < -0.4 is 0 Å². The largest absolute Gasteiger partial charge is 3.00 e. The van der Waals surface area contributed by atoms with Crippen molar-refractivity contribution in [2.24, 2.45) is 0 Å². The maximum Gasteiger partial charge on any atom is 3.00 e. The average Bonchev–Trinajstić information content (AvgIpc) is 2.34. The van der Waals surface area contributed by atoms with Gasteiger partial charge in [0.25, 0.3) is 0 Å². The van der Waals surface area contributed by atoms with Gasteiger partial charge in [0.05, 0.1) is 0 Å². The Morgan fingerprint density at radius 1 is 0.800 bits per heavy atom. The molecule has 1 aromatic heterocycles. The molecule has 0 aliphatic heterocycles. The first-order valence-corrected chi connectivity index (χ1v) is 6.85. The second kappa shape index (κ2) is 8.24. The average molecular weight is 344 g/mol.